The Hall–Kier alpha value is -1.75. The van der Waals surface area contributed by atoms with Crippen LogP contribution in [-0.4, -0.2) is 37.8 Å². The number of phenols is 1. The lowest BCUT2D eigenvalue weighted by Gasteiger charge is -2.22. The molecule has 19 heavy (non-hydrogen) atoms. The molecular formula is C14H20N2O3. The van der Waals surface area contributed by atoms with Crippen molar-refractivity contribution in [1.82, 2.24) is 10.6 Å². The van der Waals surface area contributed by atoms with E-state index in [-0.39, 0.29) is 11.7 Å². The van der Waals surface area contributed by atoms with E-state index < -0.39 is 0 Å². The van der Waals surface area contributed by atoms with Gasteiger partial charge in [0.2, 0.25) is 0 Å². The molecule has 1 amide bonds. The highest BCUT2D eigenvalue weighted by Crippen LogP contribution is 2.26. The van der Waals surface area contributed by atoms with E-state index in [1.807, 2.05) is 0 Å². The molecule has 0 radical (unpaired) electrons. The fourth-order valence-corrected chi connectivity index (χ4v) is 2.26. The molecule has 3 N–H and O–H groups in total. The second-order valence-corrected chi connectivity index (χ2v) is 4.79. The van der Waals surface area contributed by atoms with Gasteiger partial charge in [-0.1, -0.05) is 0 Å². The molecule has 1 aromatic carbocycles. The lowest BCUT2D eigenvalue weighted by Crippen LogP contribution is -2.35. The molecule has 0 aliphatic carbocycles. The van der Waals surface area contributed by atoms with E-state index in [2.05, 4.69) is 10.6 Å². The summed E-state index contributed by atoms with van der Waals surface area (Å²) >= 11 is 0. The quantitative estimate of drug-likeness (QED) is 0.762. The monoisotopic (exact) mass is 264 g/mol. The van der Waals surface area contributed by atoms with Crippen LogP contribution in [0.15, 0.2) is 18.2 Å². The second-order valence-electron chi connectivity index (χ2n) is 4.79. The van der Waals surface area contributed by atoms with E-state index in [9.17, 15) is 9.90 Å². The average molecular weight is 264 g/mol. The minimum Gasteiger partial charge on any atom is -0.504 e. The minimum absolute atomic E-state index is 0.0167. The normalized spacial score (nSPS) is 16.1. The molecule has 1 heterocycles. The van der Waals surface area contributed by atoms with Gasteiger partial charge in [-0.05, 0) is 50.0 Å². The zero-order chi connectivity index (χ0) is 13.7. The summed E-state index contributed by atoms with van der Waals surface area (Å²) in [6.45, 7) is 2.72. The highest BCUT2D eigenvalue weighted by atomic mass is 16.5. The van der Waals surface area contributed by atoms with Crippen LogP contribution in [0.4, 0.5) is 0 Å². The minimum atomic E-state index is -0.156. The molecule has 0 saturated carbocycles. The topological polar surface area (TPSA) is 70.6 Å². The maximum Gasteiger partial charge on any atom is 0.251 e. The molecule has 0 unspecified atom stereocenters. The van der Waals surface area contributed by atoms with Crippen molar-refractivity contribution < 1.29 is 14.6 Å². The van der Waals surface area contributed by atoms with Gasteiger partial charge in [0.15, 0.2) is 11.5 Å². The molecule has 1 saturated heterocycles. The van der Waals surface area contributed by atoms with Gasteiger partial charge >= 0.3 is 0 Å². The molecular weight excluding hydrogens is 244 g/mol. The van der Waals surface area contributed by atoms with Crippen molar-refractivity contribution in [2.75, 3.05) is 26.7 Å². The van der Waals surface area contributed by atoms with Crippen molar-refractivity contribution in [3.05, 3.63) is 23.8 Å². The van der Waals surface area contributed by atoms with Gasteiger partial charge in [0.25, 0.3) is 5.91 Å². The maximum atomic E-state index is 12.0. The summed E-state index contributed by atoms with van der Waals surface area (Å²) in [6, 6.07) is 4.67. The Labute approximate surface area is 113 Å². The molecule has 1 aliphatic rings. The summed E-state index contributed by atoms with van der Waals surface area (Å²) in [7, 11) is 1.48. The number of carbonyl (C=O) groups excluding carboxylic acids is 1. The molecule has 0 spiro atoms. The first-order valence-electron chi connectivity index (χ1n) is 6.56. The average Bonchev–Trinajstić information content (AvgIpc) is 2.45. The fraction of sp³-hybridized carbons (Fsp3) is 0.500. The van der Waals surface area contributed by atoms with Crippen molar-refractivity contribution in [2.45, 2.75) is 12.8 Å². The SMILES string of the molecule is COc1ccc(C(=O)NCC2CCNCC2)cc1O. The van der Waals surface area contributed by atoms with Crippen molar-refractivity contribution in [3.63, 3.8) is 0 Å². The summed E-state index contributed by atoms with van der Waals surface area (Å²) in [5.74, 6) is 0.737. The molecule has 0 atom stereocenters. The predicted octanol–water partition coefficient (Wildman–Crippen LogP) is 1.13. The fourth-order valence-electron chi connectivity index (χ4n) is 2.26. The van der Waals surface area contributed by atoms with Crippen LogP contribution < -0.4 is 15.4 Å². The van der Waals surface area contributed by atoms with E-state index in [0.29, 0.717) is 23.8 Å². The summed E-state index contributed by atoms with van der Waals surface area (Å²) < 4.78 is 4.95. The van der Waals surface area contributed by atoms with E-state index >= 15 is 0 Å². The highest BCUT2D eigenvalue weighted by Gasteiger charge is 2.15. The van der Waals surface area contributed by atoms with Crippen LogP contribution >= 0.6 is 0 Å². The first kappa shape index (κ1) is 13.7. The molecule has 0 bridgehead atoms. The Morgan fingerprint density at radius 1 is 1.47 bits per heavy atom. The Morgan fingerprint density at radius 3 is 2.84 bits per heavy atom. The third-order valence-electron chi connectivity index (χ3n) is 3.45. The third kappa shape index (κ3) is 3.61. The van der Waals surface area contributed by atoms with Gasteiger partial charge in [-0.2, -0.15) is 0 Å². The lowest BCUT2D eigenvalue weighted by atomic mass is 9.98. The summed E-state index contributed by atoms with van der Waals surface area (Å²) in [4.78, 5) is 12.0. The van der Waals surface area contributed by atoms with Gasteiger partial charge in [0.05, 0.1) is 7.11 Å². The van der Waals surface area contributed by atoms with Gasteiger partial charge in [0.1, 0.15) is 0 Å². The summed E-state index contributed by atoms with van der Waals surface area (Å²) in [5.41, 5.74) is 0.451. The lowest BCUT2D eigenvalue weighted by molar-refractivity contribution is 0.0943. The number of hydrogen-bond acceptors (Lipinski definition) is 4. The molecule has 1 aliphatic heterocycles. The number of carbonyl (C=O) groups is 1. The van der Waals surface area contributed by atoms with Gasteiger partial charge < -0.3 is 20.5 Å². The van der Waals surface area contributed by atoms with Crippen LogP contribution in [0.3, 0.4) is 0 Å². The smallest absolute Gasteiger partial charge is 0.251 e. The molecule has 0 aromatic heterocycles. The van der Waals surface area contributed by atoms with E-state index in [0.717, 1.165) is 25.9 Å². The highest BCUT2D eigenvalue weighted by molar-refractivity contribution is 5.94. The third-order valence-corrected chi connectivity index (χ3v) is 3.45. The predicted molar refractivity (Wildman–Crippen MR) is 72.6 cm³/mol. The van der Waals surface area contributed by atoms with Crippen LogP contribution in [0.2, 0.25) is 0 Å². The molecule has 2 rings (SSSR count). The van der Waals surface area contributed by atoms with Crippen molar-refractivity contribution >= 4 is 5.91 Å². The van der Waals surface area contributed by atoms with Crippen molar-refractivity contribution in [3.8, 4) is 11.5 Å². The van der Waals surface area contributed by atoms with Crippen LogP contribution in [0.5, 0.6) is 11.5 Å². The van der Waals surface area contributed by atoms with E-state index in [1.54, 1.807) is 12.1 Å². The number of benzene rings is 1. The molecule has 5 heteroatoms. The van der Waals surface area contributed by atoms with Gasteiger partial charge in [-0.25, -0.2) is 0 Å². The number of ether oxygens (including phenoxy) is 1. The largest absolute Gasteiger partial charge is 0.504 e. The zero-order valence-corrected chi connectivity index (χ0v) is 11.1. The number of rotatable bonds is 4. The number of piperidine rings is 1. The molecule has 1 fully saturated rings. The Bertz CT molecular complexity index is 442. The van der Waals surface area contributed by atoms with Gasteiger partial charge in [-0.15, -0.1) is 0 Å². The second kappa shape index (κ2) is 6.43. The van der Waals surface area contributed by atoms with Crippen LogP contribution in [0.25, 0.3) is 0 Å². The van der Waals surface area contributed by atoms with Crippen molar-refractivity contribution in [2.24, 2.45) is 5.92 Å². The Kier molecular flexibility index (Phi) is 4.63. The van der Waals surface area contributed by atoms with E-state index in [4.69, 9.17) is 4.74 Å². The zero-order valence-electron chi connectivity index (χ0n) is 11.1. The molecule has 104 valence electrons. The number of aromatic hydroxyl groups is 1. The number of phenolic OH excluding ortho intramolecular Hbond substituents is 1. The molecule has 5 nitrogen and oxygen atoms in total. The van der Waals surface area contributed by atoms with E-state index in [1.165, 1.54) is 13.2 Å². The van der Waals surface area contributed by atoms with Gasteiger partial charge in [-0.3, -0.25) is 4.79 Å². The van der Waals surface area contributed by atoms with Crippen molar-refractivity contribution in [1.29, 1.82) is 0 Å². The van der Waals surface area contributed by atoms with Crippen LogP contribution in [-0.2, 0) is 0 Å². The Morgan fingerprint density at radius 2 is 2.21 bits per heavy atom. The number of amides is 1. The first-order valence-corrected chi connectivity index (χ1v) is 6.56. The number of methoxy groups -OCH3 is 1. The summed E-state index contributed by atoms with van der Waals surface area (Å²) in [6.07, 6.45) is 2.18. The number of nitrogens with one attached hydrogen (secondary N) is 2. The first-order chi connectivity index (χ1) is 9.20. The van der Waals surface area contributed by atoms with Gasteiger partial charge in [0, 0.05) is 12.1 Å². The molecule has 1 aromatic rings. The van der Waals surface area contributed by atoms with Crippen LogP contribution in [0.1, 0.15) is 23.2 Å². The number of hydrogen-bond donors (Lipinski definition) is 3. The Balaban J connectivity index is 1.90. The standard InChI is InChI=1S/C14H20N2O3/c1-19-13-3-2-11(8-12(13)17)14(18)16-9-10-4-6-15-7-5-10/h2-3,8,10,15,17H,4-7,9H2,1H3,(H,16,18). The maximum absolute atomic E-state index is 12.0. The van der Waals surface area contributed by atoms with Crippen LogP contribution in [0, 0.1) is 5.92 Å². The summed E-state index contributed by atoms with van der Waals surface area (Å²) in [5, 5.41) is 15.9.